The summed E-state index contributed by atoms with van der Waals surface area (Å²) in [4.78, 5) is 16.1. The molecular formula is C33H44AlLiN4O2S2. The molecule has 0 aliphatic carbocycles. The van der Waals surface area contributed by atoms with E-state index in [2.05, 4.69) is 55.1 Å². The van der Waals surface area contributed by atoms with Crippen LogP contribution in [0.25, 0.3) is 27.4 Å². The molecule has 2 fully saturated rings. The van der Waals surface area contributed by atoms with Gasteiger partial charge in [-0.2, -0.15) is 0 Å². The summed E-state index contributed by atoms with van der Waals surface area (Å²) >= 11 is 3.45. The quantitative estimate of drug-likeness (QED) is 0.270. The van der Waals surface area contributed by atoms with Crippen LogP contribution in [0.15, 0.2) is 60.7 Å². The Morgan fingerprint density at radius 1 is 0.791 bits per heavy atom. The molecule has 0 bridgehead atoms. The normalized spacial score (nSPS) is 16.6. The number of rotatable bonds is 5. The van der Waals surface area contributed by atoms with Gasteiger partial charge in [-0.3, -0.25) is 0 Å². The number of aromatic nitrogens is 2. The van der Waals surface area contributed by atoms with E-state index in [4.69, 9.17) is 31.7 Å². The van der Waals surface area contributed by atoms with E-state index in [0.29, 0.717) is 19.8 Å². The van der Waals surface area contributed by atoms with Crippen LogP contribution >= 0.6 is 22.7 Å². The van der Waals surface area contributed by atoms with Gasteiger partial charge in [-0.25, -0.2) is 16.5 Å². The van der Waals surface area contributed by atoms with Crippen molar-refractivity contribution >= 4 is 40.0 Å². The SMILES string of the molecule is C.Cc1sc(C2(CN)CCOCC2)nc1-c1ccccc1.[AlH3].[C-]#[N+]C1(c2nc(-c3ccccc3)c(C)s2)CCOCC1.[H-].[Li+]. The summed E-state index contributed by atoms with van der Waals surface area (Å²) in [6, 6.07) is 20.6. The average molecular weight is 627 g/mol. The first-order chi connectivity index (χ1) is 19.5. The van der Waals surface area contributed by atoms with Crippen molar-refractivity contribution in [3.05, 3.63) is 91.9 Å². The van der Waals surface area contributed by atoms with Crippen LogP contribution in [0.4, 0.5) is 0 Å². The third-order valence-electron chi connectivity index (χ3n) is 7.91. The van der Waals surface area contributed by atoms with Gasteiger partial charge in [-0.05, 0) is 26.7 Å². The first-order valence-corrected chi connectivity index (χ1v) is 15.4. The molecule has 2 aromatic heterocycles. The Balaban J connectivity index is 0.000000403. The molecule has 4 heterocycles. The van der Waals surface area contributed by atoms with Crippen LogP contribution in [0.3, 0.4) is 0 Å². The van der Waals surface area contributed by atoms with Gasteiger partial charge in [-0.1, -0.05) is 68.1 Å². The smallest absolute Gasteiger partial charge is 1.00 e. The summed E-state index contributed by atoms with van der Waals surface area (Å²) in [5.41, 5.74) is 10.0. The number of nitrogens with zero attached hydrogens (tertiary/aromatic N) is 3. The Hall–Kier alpha value is -1.80. The molecule has 0 radical (unpaired) electrons. The Morgan fingerprint density at radius 3 is 1.65 bits per heavy atom. The van der Waals surface area contributed by atoms with E-state index in [1.165, 1.54) is 20.3 Å². The van der Waals surface area contributed by atoms with Crippen LogP contribution in [0.2, 0.25) is 0 Å². The molecule has 2 aromatic carbocycles. The van der Waals surface area contributed by atoms with E-state index in [0.717, 1.165) is 60.9 Å². The van der Waals surface area contributed by atoms with Crippen molar-refractivity contribution in [2.45, 2.75) is 57.9 Å². The Bertz CT molecular complexity index is 1450. The van der Waals surface area contributed by atoms with Crippen LogP contribution in [-0.4, -0.2) is 60.3 Å². The number of hydrogen-bond donors (Lipinski definition) is 1. The second-order valence-electron chi connectivity index (χ2n) is 10.4. The number of thiazole rings is 2. The zero-order valence-electron chi connectivity index (χ0n) is 25.2. The third-order valence-corrected chi connectivity index (χ3v) is 10.3. The van der Waals surface area contributed by atoms with E-state index < -0.39 is 5.54 Å². The molecule has 2 aliphatic heterocycles. The van der Waals surface area contributed by atoms with Gasteiger partial charge in [0, 0.05) is 46.1 Å². The summed E-state index contributed by atoms with van der Waals surface area (Å²) in [6.07, 6.45) is 3.45. The zero-order chi connectivity index (χ0) is 28.0. The van der Waals surface area contributed by atoms with Crippen LogP contribution in [-0.2, 0) is 20.4 Å². The summed E-state index contributed by atoms with van der Waals surface area (Å²) in [6.45, 7) is 15.4. The van der Waals surface area contributed by atoms with E-state index in [-0.39, 0.29) is 50.5 Å². The molecule has 6 rings (SSSR count). The van der Waals surface area contributed by atoms with Crippen molar-refractivity contribution in [3.8, 4) is 22.5 Å². The van der Waals surface area contributed by atoms with Gasteiger partial charge >= 0.3 is 18.9 Å². The fourth-order valence-electron chi connectivity index (χ4n) is 5.30. The Labute approximate surface area is 289 Å². The summed E-state index contributed by atoms with van der Waals surface area (Å²) in [5.74, 6) is 0. The molecular weight excluding hydrogens is 582 g/mol. The number of ether oxygens (including phenoxy) is 2. The van der Waals surface area contributed by atoms with Crippen LogP contribution < -0.4 is 24.6 Å². The summed E-state index contributed by atoms with van der Waals surface area (Å²) in [7, 11) is 0. The maximum Gasteiger partial charge on any atom is 1.00 e. The standard InChI is InChI=1S/C16H16N2OS.C16H20N2OS.CH4.Al.Li.4H/c1-12-14(13-6-4-3-5-7-13)18-15(20-12)16(17-2)8-10-19-11-9-16;1-12-14(13-5-3-2-4-6-13)18-15(20-12)16(11-17)7-9-19-10-8-16;;;;;;;/h3-7H,8-11H2,1H3;2-6H,7-11,17H2,1H3;1H4;;;;;;/q;;;;+1;;;;-1. The molecule has 0 atom stereocenters. The van der Waals surface area contributed by atoms with Crippen molar-refractivity contribution in [2.75, 3.05) is 33.0 Å². The fourth-order valence-corrected chi connectivity index (χ4v) is 7.61. The first-order valence-electron chi connectivity index (χ1n) is 13.8. The van der Waals surface area contributed by atoms with Crippen molar-refractivity contribution in [1.29, 1.82) is 0 Å². The second-order valence-corrected chi connectivity index (χ2v) is 12.8. The minimum absolute atomic E-state index is 0. The van der Waals surface area contributed by atoms with E-state index >= 15 is 0 Å². The minimum Gasteiger partial charge on any atom is -1.00 e. The molecule has 0 saturated carbocycles. The molecule has 2 N–H and O–H groups in total. The summed E-state index contributed by atoms with van der Waals surface area (Å²) < 4.78 is 10.9. The molecule has 0 spiro atoms. The maximum absolute atomic E-state index is 7.60. The van der Waals surface area contributed by atoms with E-state index in [1.807, 2.05) is 24.3 Å². The molecule has 0 amide bonds. The average Bonchev–Trinajstić information content (AvgIpc) is 3.62. The third kappa shape index (κ3) is 8.27. The van der Waals surface area contributed by atoms with Gasteiger partial charge in [0.05, 0.1) is 37.4 Å². The molecule has 224 valence electrons. The predicted octanol–water partition coefficient (Wildman–Crippen LogP) is 3.74. The van der Waals surface area contributed by atoms with Gasteiger partial charge in [0.1, 0.15) is 5.01 Å². The van der Waals surface area contributed by atoms with Crippen molar-refractivity contribution < 1.29 is 29.8 Å². The molecule has 43 heavy (non-hydrogen) atoms. The van der Waals surface area contributed by atoms with Gasteiger partial charge in [0.25, 0.3) is 5.54 Å². The van der Waals surface area contributed by atoms with Gasteiger partial charge in [0.15, 0.2) is 22.4 Å². The molecule has 6 nitrogen and oxygen atoms in total. The Morgan fingerprint density at radius 2 is 1.21 bits per heavy atom. The molecule has 10 heteroatoms. The monoisotopic (exact) mass is 626 g/mol. The zero-order valence-corrected chi connectivity index (χ0v) is 25.8. The largest absolute Gasteiger partial charge is 1.00 e. The second kappa shape index (κ2) is 17.0. The van der Waals surface area contributed by atoms with Crippen LogP contribution in [0.5, 0.6) is 0 Å². The number of nitrogens with two attached hydrogens (primary N) is 1. The van der Waals surface area contributed by atoms with Crippen molar-refractivity contribution in [2.24, 2.45) is 5.73 Å². The molecule has 2 aliphatic rings. The van der Waals surface area contributed by atoms with Crippen molar-refractivity contribution in [1.82, 2.24) is 9.97 Å². The van der Waals surface area contributed by atoms with Gasteiger partial charge < -0.3 is 21.5 Å². The topological polar surface area (TPSA) is 74.6 Å². The minimum atomic E-state index is -0.472. The molecule has 4 aromatic rings. The fraction of sp³-hybridized carbons (Fsp3) is 0.424. The van der Waals surface area contributed by atoms with Crippen LogP contribution in [0.1, 0.15) is 54.3 Å². The van der Waals surface area contributed by atoms with E-state index in [9.17, 15) is 0 Å². The Kier molecular flexibility index (Phi) is 14.8. The number of hydrogen-bond acceptors (Lipinski definition) is 7. The number of benzene rings is 2. The van der Waals surface area contributed by atoms with Crippen molar-refractivity contribution in [3.63, 3.8) is 0 Å². The van der Waals surface area contributed by atoms with Gasteiger partial charge in [-0.15, -0.1) is 22.7 Å². The molecule has 2 saturated heterocycles. The summed E-state index contributed by atoms with van der Waals surface area (Å²) in [5, 5.41) is 2.13. The van der Waals surface area contributed by atoms with Gasteiger partial charge in [0.2, 0.25) is 0 Å². The predicted molar refractivity (Wildman–Crippen MR) is 181 cm³/mol. The number of aryl methyl sites for hydroxylation is 2. The maximum atomic E-state index is 7.60. The van der Waals surface area contributed by atoms with Crippen LogP contribution in [0, 0.1) is 20.4 Å². The molecule has 0 unspecified atom stereocenters. The van der Waals surface area contributed by atoms with E-state index in [1.54, 1.807) is 22.7 Å². The first kappa shape index (κ1) is 37.4.